The minimum absolute atomic E-state index is 0.159. The van der Waals surface area contributed by atoms with Crippen molar-refractivity contribution in [3.8, 4) is 5.75 Å². The number of benzene rings is 1. The molecule has 226 valence electrons. The zero-order chi connectivity index (χ0) is 30.2. The molecule has 0 aliphatic rings. The molecular formula is C31H44N2O7S. The van der Waals surface area contributed by atoms with E-state index in [4.69, 9.17) is 14.9 Å². The Balaban J connectivity index is 1.56. The Hall–Kier alpha value is -3.14. The number of carbonyl (C=O) groups excluding carboxylic acids is 2. The molecule has 0 atom stereocenters. The zero-order valence-corrected chi connectivity index (χ0v) is 25.8. The first kappa shape index (κ1) is 32.4. The van der Waals surface area contributed by atoms with Crippen LogP contribution in [0, 0.1) is 6.92 Å². The van der Waals surface area contributed by atoms with Crippen molar-refractivity contribution in [1.29, 1.82) is 0 Å². The molecule has 0 aliphatic heterocycles. The quantitative estimate of drug-likeness (QED) is 0.143. The van der Waals surface area contributed by atoms with Crippen LogP contribution in [0.1, 0.15) is 101 Å². The number of unbranched alkanes of at least 4 members (excludes halogenated alkanes) is 9. The Morgan fingerprint density at radius 2 is 1.59 bits per heavy atom. The number of aryl methyl sites for hydroxylation is 1. The summed E-state index contributed by atoms with van der Waals surface area (Å²) in [7, 11) is 1.41. The Morgan fingerprint density at radius 1 is 1.00 bits per heavy atom. The van der Waals surface area contributed by atoms with Crippen LogP contribution in [-0.2, 0) is 16.0 Å². The van der Waals surface area contributed by atoms with E-state index in [2.05, 4.69) is 9.30 Å². The van der Waals surface area contributed by atoms with E-state index in [0.717, 1.165) is 49.2 Å². The van der Waals surface area contributed by atoms with E-state index in [1.54, 1.807) is 26.8 Å². The number of thioether (sulfide) groups is 1. The summed E-state index contributed by atoms with van der Waals surface area (Å²) in [5, 5.41) is 10.9. The Morgan fingerprint density at radius 3 is 2.17 bits per heavy atom. The van der Waals surface area contributed by atoms with Crippen LogP contribution < -0.4 is 11.2 Å². The molecule has 0 spiro atoms. The predicted octanol–water partition coefficient (Wildman–Crippen LogP) is 7.70. The summed E-state index contributed by atoms with van der Waals surface area (Å²) < 4.78 is 17.9. The number of fused-ring (bicyclic) bond motifs is 3. The molecule has 0 amide bonds. The number of aromatic hydroxyl groups is 1. The highest BCUT2D eigenvalue weighted by atomic mass is 32.2. The number of methoxy groups -OCH3 is 1. The Kier molecular flexibility index (Phi) is 11.6. The summed E-state index contributed by atoms with van der Waals surface area (Å²) >= 11 is 1.25. The van der Waals surface area contributed by atoms with E-state index in [0.29, 0.717) is 11.1 Å². The van der Waals surface area contributed by atoms with E-state index in [1.807, 2.05) is 13.0 Å². The summed E-state index contributed by atoms with van der Waals surface area (Å²) in [5.74, 6) is -1.37. The van der Waals surface area contributed by atoms with Crippen molar-refractivity contribution in [2.75, 3.05) is 18.6 Å². The molecule has 3 rings (SSSR count). The van der Waals surface area contributed by atoms with Gasteiger partial charge in [-0.1, -0.05) is 51.4 Å². The largest absolute Gasteiger partial charge is 0.501 e. The monoisotopic (exact) mass is 588 g/mol. The molecule has 3 N–H and O–H groups in total. The number of rotatable bonds is 14. The van der Waals surface area contributed by atoms with Crippen molar-refractivity contribution < 1.29 is 28.6 Å². The third-order valence-electron chi connectivity index (χ3n) is 7.12. The molecule has 1 aromatic carbocycles. The lowest BCUT2D eigenvalue weighted by Gasteiger charge is -2.19. The smallest absolute Gasteiger partial charge is 0.378 e. The zero-order valence-electron chi connectivity index (χ0n) is 25.0. The second kappa shape index (κ2) is 14.7. The lowest BCUT2D eigenvalue weighted by Crippen LogP contribution is -2.24. The van der Waals surface area contributed by atoms with Crippen LogP contribution >= 0.6 is 11.8 Å². The first-order chi connectivity index (χ1) is 19.5. The van der Waals surface area contributed by atoms with Crippen LogP contribution in [0.2, 0.25) is 0 Å². The highest BCUT2D eigenvalue weighted by molar-refractivity contribution is 8.13. The third kappa shape index (κ3) is 8.44. The molecule has 41 heavy (non-hydrogen) atoms. The molecule has 10 heteroatoms. The molecule has 0 saturated heterocycles. The van der Waals surface area contributed by atoms with Crippen LogP contribution in [0.25, 0.3) is 21.9 Å². The van der Waals surface area contributed by atoms with E-state index >= 15 is 0 Å². The first-order valence-electron chi connectivity index (χ1n) is 14.5. The molecule has 0 fully saturated rings. The number of anilines is 1. The van der Waals surface area contributed by atoms with Gasteiger partial charge in [-0.05, 0) is 64.4 Å². The van der Waals surface area contributed by atoms with Crippen molar-refractivity contribution in [3.05, 3.63) is 33.8 Å². The summed E-state index contributed by atoms with van der Waals surface area (Å²) in [6.45, 7) is 7.79. The number of nitrogens with two attached hydrogens (primary N) is 1. The van der Waals surface area contributed by atoms with Crippen LogP contribution in [0.4, 0.5) is 10.5 Å². The highest BCUT2D eigenvalue weighted by Gasteiger charge is 2.27. The second-order valence-corrected chi connectivity index (χ2v) is 12.5. The average Bonchev–Trinajstić information content (AvgIpc) is 3.16. The van der Waals surface area contributed by atoms with Crippen molar-refractivity contribution in [1.82, 2.24) is 4.57 Å². The molecule has 9 nitrogen and oxygen atoms in total. The van der Waals surface area contributed by atoms with Gasteiger partial charge in [-0.2, -0.15) is 0 Å². The van der Waals surface area contributed by atoms with Crippen molar-refractivity contribution >= 4 is 50.6 Å². The maximum absolute atomic E-state index is 12.9. The van der Waals surface area contributed by atoms with Crippen molar-refractivity contribution in [3.63, 3.8) is 0 Å². The minimum atomic E-state index is -0.907. The lowest BCUT2D eigenvalue weighted by molar-refractivity contribution is 0.00321. The number of nitrogens with zero attached hydrogens (tertiary/aromatic N) is 1. The van der Waals surface area contributed by atoms with Crippen LogP contribution in [-0.4, -0.2) is 39.4 Å². The van der Waals surface area contributed by atoms with Gasteiger partial charge in [0, 0.05) is 18.0 Å². The molecule has 0 aliphatic carbocycles. The molecular weight excluding hydrogens is 544 g/mol. The minimum Gasteiger partial charge on any atom is -0.501 e. The van der Waals surface area contributed by atoms with Gasteiger partial charge in [0.05, 0.1) is 29.1 Å². The summed E-state index contributed by atoms with van der Waals surface area (Å²) in [5.41, 5.74) is 7.32. The van der Waals surface area contributed by atoms with Crippen molar-refractivity contribution in [2.45, 2.75) is 104 Å². The fraction of sp³-hybridized carbons (Fsp3) is 0.581. The number of aromatic nitrogens is 1. The van der Waals surface area contributed by atoms with E-state index in [1.165, 1.54) is 57.4 Å². The van der Waals surface area contributed by atoms with Gasteiger partial charge in [-0.3, -0.25) is 4.79 Å². The Labute approximate surface area is 245 Å². The fourth-order valence-corrected chi connectivity index (χ4v) is 5.61. The molecule has 2 heterocycles. The van der Waals surface area contributed by atoms with Gasteiger partial charge in [0.1, 0.15) is 5.60 Å². The molecule has 0 saturated carbocycles. The number of hydrogen-bond acceptors (Lipinski definition) is 9. The van der Waals surface area contributed by atoms with Crippen LogP contribution in [0.3, 0.4) is 0 Å². The SMILES string of the molecule is COC(=O)SCCCCCCCCCCCCn1c(C)c(N)c2c3oc(C(=O)OC(C)(C)C)c(O)c(=O)c3ccc21. The Bertz CT molecular complexity index is 1420. The average molecular weight is 589 g/mol. The fourth-order valence-electron chi connectivity index (χ4n) is 4.98. The predicted molar refractivity (Wildman–Crippen MR) is 165 cm³/mol. The summed E-state index contributed by atoms with van der Waals surface area (Å²) in [6, 6.07) is 3.42. The van der Waals surface area contributed by atoms with Gasteiger partial charge in [0.15, 0.2) is 5.58 Å². The number of hydrogen-bond donors (Lipinski definition) is 2. The highest BCUT2D eigenvalue weighted by Crippen LogP contribution is 2.36. The molecule has 0 radical (unpaired) electrons. The van der Waals surface area contributed by atoms with Gasteiger partial charge in [-0.15, -0.1) is 0 Å². The topological polar surface area (TPSA) is 134 Å². The molecule has 3 aromatic rings. The third-order valence-corrected chi connectivity index (χ3v) is 8.01. The summed E-state index contributed by atoms with van der Waals surface area (Å²) in [6.07, 6.45) is 11.6. The van der Waals surface area contributed by atoms with Crippen LogP contribution in [0.15, 0.2) is 21.3 Å². The lowest BCUT2D eigenvalue weighted by atomic mass is 10.1. The van der Waals surface area contributed by atoms with Crippen LogP contribution in [0.5, 0.6) is 5.75 Å². The van der Waals surface area contributed by atoms with Gasteiger partial charge in [0.25, 0.3) is 5.76 Å². The van der Waals surface area contributed by atoms with Gasteiger partial charge in [-0.25, -0.2) is 9.59 Å². The van der Waals surface area contributed by atoms with Gasteiger partial charge >= 0.3 is 11.3 Å². The normalized spacial score (nSPS) is 11.8. The standard InChI is InChI=1S/C31H44N2O7S/c1-20-24(32)23-22(17-16-21-25(34)26(35)28(39-27(21)23)29(36)40-31(2,3)4)33(20)18-14-12-10-8-6-7-9-11-13-15-19-41-30(37)38-5/h16-17,35H,6-15,18-19,32H2,1-5H3. The number of nitrogen functional groups attached to an aromatic ring is 1. The van der Waals surface area contributed by atoms with Crippen molar-refractivity contribution in [2.24, 2.45) is 0 Å². The second-order valence-electron chi connectivity index (χ2n) is 11.4. The van der Waals surface area contributed by atoms with E-state index in [-0.39, 0.29) is 16.3 Å². The molecule has 0 unspecified atom stereocenters. The molecule has 0 bridgehead atoms. The first-order valence-corrected chi connectivity index (χ1v) is 15.5. The maximum Gasteiger partial charge on any atom is 0.378 e. The summed E-state index contributed by atoms with van der Waals surface area (Å²) in [4.78, 5) is 36.7. The van der Waals surface area contributed by atoms with E-state index < -0.39 is 28.5 Å². The molecule has 2 aromatic heterocycles. The van der Waals surface area contributed by atoms with E-state index in [9.17, 15) is 19.5 Å². The van der Waals surface area contributed by atoms with Gasteiger partial charge < -0.3 is 29.3 Å². The maximum atomic E-state index is 12.9. The number of carbonyl (C=O) groups is 2. The van der Waals surface area contributed by atoms with Gasteiger partial charge in [0.2, 0.25) is 11.2 Å². The number of esters is 1. The number of ether oxygens (including phenoxy) is 2.